The molecule has 0 atom stereocenters. The molecule has 2 aromatic rings. The maximum Gasteiger partial charge on any atom is 0.305 e. The number of carboxylic acid groups (broad SMARTS) is 1. The van der Waals surface area contributed by atoms with E-state index in [1.165, 1.54) is 0 Å². The first-order valence-electron chi connectivity index (χ1n) is 7.67. The van der Waals surface area contributed by atoms with Gasteiger partial charge in [0.2, 0.25) is 0 Å². The number of benzene rings is 1. The molecule has 5 heteroatoms. The summed E-state index contributed by atoms with van der Waals surface area (Å²) in [5.41, 5.74) is 2.69. The molecule has 5 nitrogen and oxygen atoms in total. The maximum absolute atomic E-state index is 12.1. The molecule has 1 aromatic carbocycles. The number of carboxylic acids is 1. The molecule has 0 unspecified atom stereocenters. The largest absolute Gasteiger partial charge is 0.481 e. The van der Waals surface area contributed by atoms with Crippen molar-refractivity contribution in [3.8, 4) is 0 Å². The van der Waals surface area contributed by atoms with E-state index < -0.39 is 5.97 Å². The fourth-order valence-corrected chi connectivity index (χ4v) is 2.62. The minimum Gasteiger partial charge on any atom is -0.481 e. The van der Waals surface area contributed by atoms with E-state index in [0.717, 1.165) is 28.7 Å². The first-order chi connectivity index (χ1) is 10.9. The van der Waals surface area contributed by atoms with Gasteiger partial charge >= 0.3 is 5.97 Å². The Hall–Kier alpha value is -2.56. The lowest BCUT2D eigenvalue weighted by Crippen LogP contribution is -2.26. The van der Waals surface area contributed by atoms with Gasteiger partial charge in [-0.3, -0.25) is 9.59 Å². The van der Waals surface area contributed by atoms with E-state index in [0.29, 0.717) is 13.1 Å². The Balaban J connectivity index is 2.42. The average Bonchev–Trinajstić information content (AvgIpc) is 2.50. The molecule has 0 radical (unpaired) electrons. The Morgan fingerprint density at radius 2 is 2.04 bits per heavy atom. The zero-order chi connectivity index (χ0) is 17.0. The molecule has 23 heavy (non-hydrogen) atoms. The molecule has 0 fully saturated rings. The number of carbonyl (C=O) groups is 1. The number of pyridine rings is 1. The Bertz CT molecular complexity index is 792. The van der Waals surface area contributed by atoms with Crippen LogP contribution >= 0.6 is 0 Å². The molecule has 1 heterocycles. The molecule has 0 bridgehead atoms. The molecule has 0 aliphatic heterocycles. The summed E-state index contributed by atoms with van der Waals surface area (Å²) >= 11 is 0. The van der Waals surface area contributed by atoms with Crippen molar-refractivity contribution in [2.45, 2.75) is 26.8 Å². The van der Waals surface area contributed by atoms with Crippen molar-refractivity contribution < 1.29 is 9.90 Å². The summed E-state index contributed by atoms with van der Waals surface area (Å²) in [6, 6.07) is 9.21. The predicted molar refractivity (Wildman–Crippen MR) is 93.2 cm³/mol. The number of fused-ring (bicyclic) bond motifs is 1. The Kier molecular flexibility index (Phi) is 5.21. The van der Waals surface area contributed by atoms with Gasteiger partial charge in [0.25, 0.3) is 5.56 Å². The van der Waals surface area contributed by atoms with Gasteiger partial charge in [0, 0.05) is 36.8 Å². The summed E-state index contributed by atoms with van der Waals surface area (Å²) in [7, 11) is 0. The molecule has 122 valence electrons. The van der Waals surface area contributed by atoms with Crippen LogP contribution in [0.4, 0.5) is 5.69 Å². The normalized spacial score (nSPS) is 10.7. The van der Waals surface area contributed by atoms with Crippen molar-refractivity contribution in [2.24, 2.45) is 0 Å². The summed E-state index contributed by atoms with van der Waals surface area (Å²) in [6.07, 6.45) is 0.0982. The Labute approximate surface area is 135 Å². The average molecular weight is 314 g/mol. The van der Waals surface area contributed by atoms with Crippen molar-refractivity contribution in [3.63, 3.8) is 0 Å². The third-order valence-corrected chi connectivity index (χ3v) is 3.74. The molecular formula is C18H22N2O3. The zero-order valence-electron chi connectivity index (χ0n) is 13.6. The fraction of sp³-hybridized carbons (Fsp3) is 0.333. The maximum atomic E-state index is 12.1. The molecule has 0 aliphatic rings. The second-order valence-corrected chi connectivity index (χ2v) is 5.68. The zero-order valence-corrected chi connectivity index (χ0v) is 13.6. The molecule has 0 spiro atoms. The Morgan fingerprint density at radius 3 is 2.65 bits per heavy atom. The molecule has 1 N–H and O–H groups in total. The van der Waals surface area contributed by atoms with E-state index in [1.54, 1.807) is 16.7 Å². The first kappa shape index (κ1) is 16.8. The lowest BCUT2D eigenvalue weighted by atomic mass is 10.1. The number of rotatable bonds is 7. The first-order valence-corrected chi connectivity index (χ1v) is 7.67. The van der Waals surface area contributed by atoms with E-state index in [4.69, 9.17) is 5.11 Å². The second kappa shape index (κ2) is 7.13. The van der Waals surface area contributed by atoms with E-state index in [1.807, 2.05) is 36.9 Å². The molecule has 0 saturated carbocycles. The van der Waals surface area contributed by atoms with E-state index >= 15 is 0 Å². The summed E-state index contributed by atoms with van der Waals surface area (Å²) in [6.45, 7) is 9.44. The monoisotopic (exact) mass is 314 g/mol. The van der Waals surface area contributed by atoms with Gasteiger partial charge in [-0.15, -0.1) is 0 Å². The van der Waals surface area contributed by atoms with Crippen molar-refractivity contribution >= 4 is 22.6 Å². The van der Waals surface area contributed by atoms with Crippen molar-refractivity contribution in [1.82, 2.24) is 4.57 Å². The number of nitrogens with zero attached hydrogens (tertiary/aromatic N) is 2. The number of hydrogen-bond donors (Lipinski definition) is 1. The van der Waals surface area contributed by atoms with Gasteiger partial charge in [-0.2, -0.15) is 0 Å². The third kappa shape index (κ3) is 4.00. The minimum atomic E-state index is -0.806. The van der Waals surface area contributed by atoms with Crippen LogP contribution in [0, 0.1) is 0 Å². The third-order valence-electron chi connectivity index (χ3n) is 3.74. The van der Waals surface area contributed by atoms with Crippen LogP contribution in [0.15, 0.2) is 47.3 Å². The van der Waals surface area contributed by atoms with Gasteiger partial charge in [0.05, 0.1) is 11.9 Å². The fourth-order valence-electron chi connectivity index (χ4n) is 2.62. The quantitative estimate of drug-likeness (QED) is 0.798. The number of aromatic nitrogens is 1. The number of hydrogen-bond acceptors (Lipinski definition) is 3. The second-order valence-electron chi connectivity index (χ2n) is 5.68. The highest BCUT2D eigenvalue weighted by Crippen LogP contribution is 2.22. The van der Waals surface area contributed by atoms with Crippen LogP contribution in [0.25, 0.3) is 10.9 Å². The highest BCUT2D eigenvalue weighted by molar-refractivity contribution is 5.83. The van der Waals surface area contributed by atoms with E-state index in [9.17, 15) is 9.59 Å². The Morgan fingerprint density at radius 1 is 1.30 bits per heavy atom. The molecule has 2 rings (SSSR count). The topological polar surface area (TPSA) is 62.5 Å². The van der Waals surface area contributed by atoms with Crippen molar-refractivity contribution in [3.05, 3.63) is 52.8 Å². The van der Waals surface area contributed by atoms with Crippen LogP contribution < -0.4 is 10.5 Å². The lowest BCUT2D eigenvalue weighted by Gasteiger charge is -2.23. The number of allylic oxidation sites excluding steroid dienone is 1. The van der Waals surface area contributed by atoms with Gasteiger partial charge in [0.1, 0.15) is 0 Å². The van der Waals surface area contributed by atoms with E-state index in [2.05, 4.69) is 6.58 Å². The summed E-state index contributed by atoms with van der Waals surface area (Å²) in [4.78, 5) is 24.9. The SMILES string of the molecule is C=C(C)Cn1c(=O)ccc2cc(N(CC)CCC(=O)O)ccc21. The molecule has 0 amide bonds. The molecular weight excluding hydrogens is 292 g/mol. The van der Waals surface area contributed by atoms with E-state index in [-0.39, 0.29) is 12.0 Å². The number of aliphatic carboxylic acids is 1. The van der Waals surface area contributed by atoms with Crippen LogP contribution in [0.5, 0.6) is 0 Å². The minimum absolute atomic E-state index is 0.0496. The van der Waals surface area contributed by atoms with Gasteiger partial charge in [-0.1, -0.05) is 12.2 Å². The molecule has 1 aromatic heterocycles. The highest BCUT2D eigenvalue weighted by Gasteiger charge is 2.09. The smallest absolute Gasteiger partial charge is 0.305 e. The van der Waals surface area contributed by atoms with Crippen LogP contribution in [0.1, 0.15) is 20.3 Å². The van der Waals surface area contributed by atoms with Crippen LogP contribution in [0.3, 0.4) is 0 Å². The summed E-state index contributed by atoms with van der Waals surface area (Å²) in [5, 5.41) is 9.81. The molecule has 0 saturated heterocycles. The number of anilines is 1. The van der Waals surface area contributed by atoms with Crippen LogP contribution in [-0.4, -0.2) is 28.7 Å². The van der Waals surface area contributed by atoms with Crippen LogP contribution in [0.2, 0.25) is 0 Å². The van der Waals surface area contributed by atoms with Crippen molar-refractivity contribution in [2.75, 3.05) is 18.0 Å². The lowest BCUT2D eigenvalue weighted by molar-refractivity contribution is -0.136. The summed E-state index contributed by atoms with van der Waals surface area (Å²) < 4.78 is 1.70. The highest BCUT2D eigenvalue weighted by atomic mass is 16.4. The summed E-state index contributed by atoms with van der Waals surface area (Å²) in [5.74, 6) is -0.806. The predicted octanol–water partition coefficient (Wildman–Crippen LogP) is 2.88. The van der Waals surface area contributed by atoms with Crippen LogP contribution in [-0.2, 0) is 11.3 Å². The van der Waals surface area contributed by atoms with Gasteiger partial charge in [-0.25, -0.2) is 0 Å². The molecule has 0 aliphatic carbocycles. The standard InChI is InChI=1S/C18H22N2O3/c1-4-19(10-9-18(22)23)15-6-7-16-14(11-15)5-8-17(21)20(16)12-13(2)3/h5-8,11H,2,4,9-10,12H2,1,3H3,(H,22,23). The van der Waals surface area contributed by atoms with Crippen molar-refractivity contribution in [1.29, 1.82) is 0 Å². The van der Waals surface area contributed by atoms with Gasteiger partial charge < -0.3 is 14.6 Å². The van der Waals surface area contributed by atoms with Gasteiger partial charge in [0.15, 0.2) is 0 Å². The van der Waals surface area contributed by atoms with Gasteiger partial charge in [-0.05, 0) is 38.1 Å².